The molecule has 1 fully saturated rings. The van der Waals surface area contributed by atoms with Gasteiger partial charge in [0.2, 0.25) is 0 Å². The van der Waals surface area contributed by atoms with Gasteiger partial charge in [0.25, 0.3) is 0 Å². The number of hydrogen-bond donors (Lipinski definition) is 0. The van der Waals surface area contributed by atoms with Gasteiger partial charge in [-0.25, -0.2) is 0 Å². The molecule has 4 rings (SSSR count). The van der Waals surface area contributed by atoms with Gasteiger partial charge in [0.05, 0.1) is 0 Å². The fourth-order valence-corrected chi connectivity index (χ4v) is 5.85. The average Bonchev–Trinajstić information content (AvgIpc) is 2.77. The van der Waals surface area contributed by atoms with Crippen molar-refractivity contribution in [1.29, 1.82) is 0 Å². The molecule has 0 spiro atoms. The van der Waals surface area contributed by atoms with Crippen molar-refractivity contribution < 1.29 is 35.5 Å². The quantitative estimate of drug-likeness (QED) is 0.438. The molecule has 0 radical (unpaired) electrons. The third kappa shape index (κ3) is 2.96. The Morgan fingerprint density at radius 3 is 2.70 bits per heavy atom. The number of cyclic esters (lactones) is 1. The van der Waals surface area contributed by atoms with Gasteiger partial charge in [-0.05, 0) is 0 Å². The molecule has 2 aromatic carbocycles. The second-order valence-electron chi connectivity index (χ2n) is 6.61. The molecule has 0 amide bonds. The minimum absolute atomic E-state index is 0.126. The van der Waals surface area contributed by atoms with E-state index in [0.717, 1.165) is 12.2 Å². The van der Waals surface area contributed by atoms with E-state index in [9.17, 15) is 4.79 Å². The van der Waals surface area contributed by atoms with Crippen LogP contribution in [0.1, 0.15) is 31.4 Å². The molecule has 1 atom stereocenters. The Kier molecular flexibility index (Phi) is 3.59. The molecule has 3 nitrogen and oxygen atoms in total. The first kappa shape index (κ1) is 15.0. The fraction of sp³-hybridized carbons (Fsp3) is 0.316. The zero-order valence-electron chi connectivity index (χ0n) is 13.1. The summed E-state index contributed by atoms with van der Waals surface area (Å²) in [4.78, 5) is 11.9. The second kappa shape index (κ2) is 5.51. The Balaban J connectivity index is 1.56. The van der Waals surface area contributed by atoms with E-state index in [1.165, 1.54) is 18.3 Å². The van der Waals surface area contributed by atoms with Crippen molar-refractivity contribution in [2.45, 2.75) is 38.4 Å². The molecule has 2 aliphatic heterocycles. The number of rotatable bonds is 2. The first-order chi connectivity index (χ1) is 11.0. The number of carbonyl (C=O) groups excluding carboxylic acids is 1. The van der Waals surface area contributed by atoms with Crippen molar-refractivity contribution in [1.82, 2.24) is 0 Å². The van der Waals surface area contributed by atoms with E-state index >= 15 is 0 Å². The summed E-state index contributed by atoms with van der Waals surface area (Å²) in [5.74, 6) is 0.511. The van der Waals surface area contributed by atoms with Crippen LogP contribution in [0.5, 0.6) is 5.75 Å². The van der Waals surface area contributed by atoms with Crippen molar-refractivity contribution in [3.05, 3.63) is 60.7 Å². The van der Waals surface area contributed by atoms with Crippen molar-refractivity contribution in [2.75, 3.05) is 0 Å². The summed E-state index contributed by atoms with van der Waals surface area (Å²) in [6.45, 7) is 3.84. The van der Waals surface area contributed by atoms with Gasteiger partial charge in [0.15, 0.2) is 0 Å². The Hall–Kier alpha value is -1.56. The monoisotopic (exact) mass is 421 g/mol. The molecular weight excluding hydrogens is 403 g/mol. The standard InChI is InChI=1S/C19H18IO3/c1-19(2)11-17(18(21)23-19)22-14-7-8-16-13(10-14)9-12-5-3-4-6-15(12)20-16/h3-8,10,17H,9,11H2,1-2H3/q-1. The summed E-state index contributed by atoms with van der Waals surface area (Å²) in [7, 11) is 0. The summed E-state index contributed by atoms with van der Waals surface area (Å²) in [5, 5.41) is 0. The molecule has 0 aliphatic carbocycles. The van der Waals surface area contributed by atoms with Crippen LogP contribution in [-0.4, -0.2) is 17.7 Å². The summed E-state index contributed by atoms with van der Waals surface area (Å²) >= 11 is -0.126. The molecule has 2 aromatic rings. The number of halogens is 1. The van der Waals surface area contributed by atoms with Crippen LogP contribution in [0.4, 0.5) is 0 Å². The first-order valence-electron chi connectivity index (χ1n) is 7.75. The topological polar surface area (TPSA) is 35.5 Å². The summed E-state index contributed by atoms with van der Waals surface area (Å²) in [6, 6.07) is 14.9. The minimum atomic E-state index is -0.492. The summed E-state index contributed by atoms with van der Waals surface area (Å²) < 4.78 is 14.2. The van der Waals surface area contributed by atoms with Crippen molar-refractivity contribution in [3.8, 4) is 5.75 Å². The number of carbonyl (C=O) groups is 1. The van der Waals surface area contributed by atoms with Crippen LogP contribution in [0.3, 0.4) is 0 Å². The van der Waals surface area contributed by atoms with Crippen LogP contribution in [0.2, 0.25) is 0 Å². The van der Waals surface area contributed by atoms with Crippen LogP contribution in [0.15, 0.2) is 42.5 Å². The van der Waals surface area contributed by atoms with E-state index in [0.29, 0.717) is 6.42 Å². The number of ether oxygens (including phenoxy) is 2. The van der Waals surface area contributed by atoms with Crippen molar-refractivity contribution in [3.63, 3.8) is 0 Å². The van der Waals surface area contributed by atoms with Crippen molar-refractivity contribution in [2.24, 2.45) is 0 Å². The van der Waals surface area contributed by atoms with Gasteiger partial charge in [-0.1, -0.05) is 0 Å². The van der Waals surface area contributed by atoms with Gasteiger partial charge in [-0.15, -0.1) is 0 Å². The molecule has 2 heterocycles. The van der Waals surface area contributed by atoms with Crippen molar-refractivity contribution >= 4 is 5.97 Å². The van der Waals surface area contributed by atoms with Crippen LogP contribution in [0, 0.1) is 7.14 Å². The van der Waals surface area contributed by atoms with Crippen LogP contribution < -0.4 is 25.9 Å². The number of esters is 1. The van der Waals surface area contributed by atoms with Gasteiger partial charge in [0.1, 0.15) is 0 Å². The van der Waals surface area contributed by atoms with Crippen LogP contribution in [0.25, 0.3) is 0 Å². The zero-order valence-corrected chi connectivity index (χ0v) is 15.3. The van der Waals surface area contributed by atoms with Gasteiger partial charge >= 0.3 is 146 Å². The SMILES string of the molecule is CC1(C)CC(Oc2ccc3c(c2)Cc2ccccc2[I-]3)C(=O)O1. The van der Waals surface area contributed by atoms with E-state index in [4.69, 9.17) is 9.47 Å². The van der Waals surface area contributed by atoms with E-state index in [1.54, 1.807) is 0 Å². The van der Waals surface area contributed by atoms with Gasteiger partial charge < -0.3 is 0 Å². The summed E-state index contributed by atoms with van der Waals surface area (Å²) in [6.07, 6.45) is 1.05. The average molecular weight is 421 g/mol. The molecule has 1 saturated heterocycles. The van der Waals surface area contributed by atoms with E-state index in [-0.39, 0.29) is 27.2 Å². The van der Waals surface area contributed by atoms with E-state index in [1.807, 2.05) is 19.9 Å². The number of hydrogen-bond acceptors (Lipinski definition) is 3. The Labute approximate surface area is 146 Å². The summed E-state index contributed by atoms with van der Waals surface area (Å²) in [5.41, 5.74) is 2.33. The molecule has 2 aliphatic rings. The molecular formula is C19H18IO3-. The molecule has 0 bridgehead atoms. The van der Waals surface area contributed by atoms with E-state index < -0.39 is 11.7 Å². The molecule has 0 aromatic heterocycles. The molecule has 1 unspecified atom stereocenters. The molecule has 23 heavy (non-hydrogen) atoms. The van der Waals surface area contributed by atoms with Gasteiger partial charge in [0, 0.05) is 0 Å². The third-order valence-electron chi connectivity index (χ3n) is 4.15. The van der Waals surface area contributed by atoms with Crippen LogP contribution in [-0.2, 0) is 16.0 Å². The maximum atomic E-state index is 11.9. The Morgan fingerprint density at radius 2 is 1.91 bits per heavy atom. The van der Waals surface area contributed by atoms with Crippen LogP contribution >= 0.6 is 0 Å². The predicted octanol–water partition coefficient (Wildman–Crippen LogP) is 0.192. The van der Waals surface area contributed by atoms with Gasteiger partial charge in [-0.3, -0.25) is 0 Å². The second-order valence-corrected chi connectivity index (χ2v) is 9.47. The normalized spacial score (nSPS) is 21.7. The molecule has 0 N–H and O–H groups in total. The molecule has 120 valence electrons. The number of fused-ring (bicyclic) bond motifs is 2. The predicted molar refractivity (Wildman–Crippen MR) is 82.3 cm³/mol. The zero-order chi connectivity index (χ0) is 16.0. The molecule has 0 saturated carbocycles. The Bertz CT molecular complexity index is 782. The third-order valence-corrected chi connectivity index (χ3v) is 7.42. The maximum absolute atomic E-state index is 11.9. The Morgan fingerprint density at radius 1 is 1.13 bits per heavy atom. The first-order valence-corrected chi connectivity index (χ1v) is 9.91. The van der Waals surface area contributed by atoms with Gasteiger partial charge in [-0.2, -0.15) is 0 Å². The number of benzene rings is 2. The van der Waals surface area contributed by atoms with E-state index in [2.05, 4.69) is 36.4 Å². The molecule has 4 heteroatoms. The fourth-order valence-electron chi connectivity index (χ4n) is 3.06.